The smallest absolute Gasteiger partial charge is 0.255 e. The molecule has 2 rings (SSSR count). The van der Waals surface area contributed by atoms with E-state index in [1.807, 2.05) is 18.2 Å². The van der Waals surface area contributed by atoms with E-state index in [1.54, 1.807) is 13.2 Å². The molecule has 0 unspecified atom stereocenters. The predicted octanol–water partition coefficient (Wildman–Crippen LogP) is 2.76. The Morgan fingerprint density at radius 3 is 2.65 bits per heavy atom. The van der Waals surface area contributed by atoms with Crippen molar-refractivity contribution < 1.29 is 9.53 Å². The average Bonchev–Trinajstić information content (AvgIpc) is 2.40. The molecule has 17 heavy (non-hydrogen) atoms. The van der Waals surface area contributed by atoms with Gasteiger partial charge in [0.25, 0.3) is 5.91 Å². The lowest BCUT2D eigenvalue weighted by atomic mass is 9.95. The second-order valence-corrected chi connectivity index (χ2v) is 4.51. The zero-order valence-corrected chi connectivity index (χ0v) is 10.2. The lowest BCUT2D eigenvalue weighted by molar-refractivity contribution is 0.0924. The molecule has 0 radical (unpaired) electrons. The largest absolute Gasteiger partial charge is 0.496 e. The zero-order chi connectivity index (χ0) is 12.1. The first-order valence-corrected chi connectivity index (χ1v) is 6.25. The van der Waals surface area contributed by atoms with Crippen LogP contribution < -0.4 is 10.1 Å². The summed E-state index contributed by atoms with van der Waals surface area (Å²) >= 11 is 0. The van der Waals surface area contributed by atoms with Gasteiger partial charge in [-0.15, -0.1) is 0 Å². The number of rotatable bonds is 3. The van der Waals surface area contributed by atoms with Crippen LogP contribution in [0.25, 0.3) is 0 Å². The summed E-state index contributed by atoms with van der Waals surface area (Å²) in [6, 6.07) is 7.68. The minimum Gasteiger partial charge on any atom is -0.496 e. The molecule has 1 saturated carbocycles. The quantitative estimate of drug-likeness (QED) is 0.871. The number of hydrogen-bond acceptors (Lipinski definition) is 2. The second-order valence-electron chi connectivity index (χ2n) is 4.51. The fourth-order valence-corrected chi connectivity index (χ4v) is 2.34. The van der Waals surface area contributed by atoms with Crippen molar-refractivity contribution in [1.29, 1.82) is 0 Å². The number of amides is 1. The Hall–Kier alpha value is -1.51. The Balaban J connectivity index is 2.03. The van der Waals surface area contributed by atoms with E-state index in [-0.39, 0.29) is 5.91 Å². The summed E-state index contributed by atoms with van der Waals surface area (Å²) in [5.74, 6) is 0.621. The van der Waals surface area contributed by atoms with E-state index in [4.69, 9.17) is 4.74 Å². The molecule has 0 atom stereocenters. The van der Waals surface area contributed by atoms with Gasteiger partial charge >= 0.3 is 0 Å². The molecule has 92 valence electrons. The SMILES string of the molecule is COc1ccccc1C(=O)NC1CCCCC1. The van der Waals surface area contributed by atoms with Crippen molar-refractivity contribution in [1.82, 2.24) is 5.32 Å². The molecule has 0 heterocycles. The van der Waals surface area contributed by atoms with Gasteiger partial charge in [0.05, 0.1) is 12.7 Å². The fraction of sp³-hybridized carbons (Fsp3) is 0.500. The predicted molar refractivity (Wildman–Crippen MR) is 67.3 cm³/mol. The average molecular weight is 233 g/mol. The van der Waals surface area contributed by atoms with Crippen molar-refractivity contribution >= 4 is 5.91 Å². The van der Waals surface area contributed by atoms with Crippen LogP contribution in [0.3, 0.4) is 0 Å². The van der Waals surface area contributed by atoms with Gasteiger partial charge in [0, 0.05) is 6.04 Å². The van der Waals surface area contributed by atoms with Gasteiger partial charge in [-0.2, -0.15) is 0 Å². The number of ether oxygens (including phenoxy) is 1. The Bertz CT molecular complexity index is 384. The summed E-state index contributed by atoms with van der Waals surface area (Å²) in [6.07, 6.45) is 5.93. The number of methoxy groups -OCH3 is 1. The standard InChI is InChI=1S/C14H19NO2/c1-17-13-10-6-5-9-12(13)14(16)15-11-7-3-2-4-8-11/h5-6,9-11H,2-4,7-8H2,1H3,(H,15,16). The second kappa shape index (κ2) is 5.71. The molecular formula is C14H19NO2. The van der Waals surface area contributed by atoms with Crippen molar-refractivity contribution in [2.24, 2.45) is 0 Å². The number of hydrogen-bond donors (Lipinski definition) is 1. The van der Waals surface area contributed by atoms with E-state index in [0.717, 1.165) is 12.8 Å². The maximum absolute atomic E-state index is 12.1. The molecule has 0 bridgehead atoms. The molecule has 0 aliphatic heterocycles. The van der Waals surface area contributed by atoms with Crippen LogP contribution >= 0.6 is 0 Å². The van der Waals surface area contributed by atoms with Crippen LogP contribution in [0.15, 0.2) is 24.3 Å². The van der Waals surface area contributed by atoms with E-state index in [0.29, 0.717) is 17.4 Å². The zero-order valence-electron chi connectivity index (χ0n) is 10.2. The number of para-hydroxylation sites is 1. The Morgan fingerprint density at radius 2 is 1.94 bits per heavy atom. The summed E-state index contributed by atoms with van der Waals surface area (Å²) in [5.41, 5.74) is 0.626. The summed E-state index contributed by atoms with van der Waals surface area (Å²) in [6.45, 7) is 0. The van der Waals surface area contributed by atoms with E-state index in [1.165, 1.54) is 19.3 Å². The summed E-state index contributed by atoms with van der Waals surface area (Å²) < 4.78 is 5.19. The minimum atomic E-state index is -0.0191. The highest BCUT2D eigenvalue weighted by molar-refractivity contribution is 5.97. The van der Waals surface area contributed by atoms with Crippen molar-refractivity contribution in [2.75, 3.05) is 7.11 Å². The van der Waals surface area contributed by atoms with Gasteiger partial charge in [0.2, 0.25) is 0 Å². The van der Waals surface area contributed by atoms with Crippen LogP contribution in [0.4, 0.5) is 0 Å². The first-order chi connectivity index (χ1) is 8.31. The molecule has 1 aromatic carbocycles. The molecule has 3 nitrogen and oxygen atoms in total. The van der Waals surface area contributed by atoms with Crippen LogP contribution in [0.2, 0.25) is 0 Å². The molecule has 1 aromatic rings. The molecule has 0 aromatic heterocycles. The highest BCUT2D eigenvalue weighted by atomic mass is 16.5. The lowest BCUT2D eigenvalue weighted by Gasteiger charge is -2.23. The molecule has 1 aliphatic rings. The molecule has 0 spiro atoms. The van der Waals surface area contributed by atoms with Crippen LogP contribution in [-0.4, -0.2) is 19.1 Å². The third-order valence-corrected chi connectivity index (χ3v) is 3.29. The van der Waals surface area contributed by atoms with Gasteiger partial charge in [-0.25, -0.2) is 0 Å². The van der Waals surface area contributed by atoms with Crippen molar-refractivity contribution in [3.05, 3.63) is 29.8 Å². The van der Waals surface area contributed by atoms with Crippen LogP contribution in [-0.2, 0) is 0 Å². The monoisotopic (exact) mass is 233 g/mol. The van der Waals surface area contributed by atoms with E-state index < -0.39 is 0 Å². The highest BCUT2D eigenvalue weighted by Crippen LogP contribution is 2.20. The van der Waals surface area contributed by atoms with Crippen LogP contribution in [0.1, 0.15) is 42.5 Å². The Morgan fingerprint density at radius 1 is 1.24 bits per heavy atom. The van der Waals surface area contributed by atoms with Gasteiger partial charge in [-0.05, 0) is 25.0 Å². The maximum atomic E-state index is 12.1. The third-order valence-electron chi connectivity index (χ3n) is 3.29. The van der Waals surface area contributed by atoms with Gasteiger partial charge in [0.1, 0.15) is 5.75 Å². The Kier molecular flexibility index (Phi) is 4.02. The number of nitrogens with one attached hydrogen (secondary N) is 1. The van der Waals surface area contributed by atoms with Crippen molar-refractivity contribution in [2.45, 2.75) is 38.1 Å². The normalized spacial score (nSPS) is 16.5. The summed E-state index contributed by atoms with van der Waals surface area (Å²) in [4.78, 5) is 12.1. The molecule has 1 amide bonds. The summed E-state index contributed by atoms with van der Waals surface area (Å²) in [7, 11) is 1.59. The molecule has 1 aliphatic carbocycles. The number of carbonyl (C=O) groups is 1. The molecular weight excluding hydrogens is 214 g/mol. The molecule has 0 saturated heterocycles. The van der Waals surface area contributed by atoms with Gasteiger partial charge < -0.3 is 10.1 Å². The first kappa shape index (κ1) is 12.0. The molecule has 1 fully saturated rings. The van der Waals surface area contributed by atoms with Crippen molar-refractivity contribution in [3.63, 3.8) is 0 Å². The topological polar surface area (TPSA) is 38.3 Å². The molecule has 1 N–H and O–H groups in total. The lowest BCUT2D eigenvalue weighted by Crippen LogP contribution is -2.36. The first-order valence-electron chi connectivity index (χ1n) is 6.25. The van der Waals surface area contributed by atoms with Crippen LogP contribution in [0.5, 0.6) is 5.75 Å². The highest BCUT2D eigenvalue weighted by Gasteiger charge is 2.18. The van der Waals surface area contributed by atoms with E-state index in [9.17, 15) is 4.79 Å². The summed E-state index contributed by atoms with van der Waals surface area (Å²) in [5, 5.41) is 3.09. The minimum absolute atomic E-state index is 0.0191. The third kappa shape index (κ3) is 2.99. The van der Waals surface area contributed by atoms with E-state index in [2.05, 4.69) is 5.32 Å². The number of carbonyl (C=O) groups excluding carboxylic acids is 1. The van der Waals surface area contributed by atoms with Gasteiger partial charge in [-0.3, -0.25) is 4.79 Å². The van der Waals surface area contributed by atoms with Crippen LogP contribution in [0, 0.1) is 0 Å². The Labute approximate surface area is 102 Å². The van der Waals surface area contributed by atoms with E-state index >= 15 is 0 Å². The van der Waals surface area contributed by atoms with Gasteiger partial charge in [0.15, 0.2) is 0 Å². The van der Waals surface area contributed by atoms with Gasteiger partial charge in [-0.1, -0.05) is 31.4 Å². The fourth-order valence-electron chi connectivity index (χ4n) is 2.34. The van der Waals surface area contributed by atoms with Crippen molar-refractivity contribution in [3.8, 4) is 5.75 Å². The number of benzene rings is 1. The molecule has 3 heteroatoms. The maximum Gasteiger partial charge on any atom is 0.255 e.